The van der Waals surface area contributed by atoms with Crippen molar-refractivity contribution in [3.8, 4) is 5.88 Å². The van der Waals surface area contributed by atoms with Crippen molar-refractivity contribution in [1.82, 2.24) is 14.7 Å². The first-order chi connectivity index (χ1) is 12.6. The van der Waals surface area contributed by atoms with Gasteiger partial charge in [-0.15, -0.1) is 5.10 Å². The van der Waals surface area contributed by atoms with Gasteiger partial charge in [-0.3, -0.25) is 0 Å². The van der Waals surface area contributed by atoms with Gasteiger partial charge in [0.15, 0.2) is 0 Å². The average Bonchev–Trinajstić information content (AvgIpc) is 2.87. The second-order valence-corrected chi connectivity index (χ2v) is 14.6. The minimum atomic E-state index is -5.90. The normalized spacial score (nSPS) is 16.6. The topological polar surface area (TPSA) is 111 Å². The lowest BCUT2D eigenvalue weighted by molar-refractivity contribution is -0.0502. The molecule has 2 rings (SSSR count). The van der Waals surface area contributed by atoms with Crippen LogP contribution in [0.2, 0.25) is 19.6 Å². The van der Waals surface area contributed by atoms with E-state index in [2.05, 4.69) is 28.9 Å². The smallest absolute Gasteiger partial charge is 0.465 e. The van der Waals surface area contributed by atoms with E-state index in [1.165, 1.54) is 0 Å². The summed E-state index contributed by atoms with van der Waals surface area (Å²) in [7, 11) is -7.58. The third-order valence-corrected chi connectivity index (χ3v) is 8.06. The predicted octanol–water partition coefficient (Wildman–Crippen LogP) is 2.39. The maximum absolute atomic E-state index is 12.7. The number of hydrogen-bond donors (Lipinski definition) is 1. The number of amides is 1. The zero-order valence-corrected chi connectivity index (χ0v) is 17.6. The van der Waals surface area contributed by atoms with Gasteiger partial charge >= 0.3 is 21.7 Å². The van der Waals surface area contributed by atoms with Crippen LogP contribution in [-0.4, -0.2) is 60.2 Å². The van der Waals surface area contributed by atoms with Gasteiger partial charge in [0.1, 0.15) is 6.73 Å². The van der Waals surface area contributed by atoms with Crippen molar-refractivity contribution in [3.05, 3.63) is 11.3 Å². The number of alkyl halides is 3. The van der Waals surface area contributed by atoms with Crippen molar-refractivity contribution in [2.75, 3.05) is 6.54 Å². The minimum Gasteiger partial charge on any atom is -0.465 e. The number of aromatic nitrogens is 2. The van der Waals surface area contributed by atoms with Crippen molar-refractivity contribution in [2.24, 2.45) is 0 Å². The summed E-state index contributed by atoms with van der Waals surface area (Å²) in [6.07, 6.45) is -1.24. The molecule has 2 heterocycles. The first-order valence-corrected chi connectivity index (χ1v) is 13.3. The van der Waals surface area contributed by atoms with E-state index in [-0.39, 0.29) is 43.2 Å². The van der Waals surface area contributed by atoms with Gasteiger partial charge in [-0.2, -0.15) is 21.6 Å². The standard InChI is InChI=1S/C14H22F3N3O6SSi/c1-9(28(2,3)4)25-8-20-11-7-19(13(21)22)6-5-10(11)12(18-20)26-27(23,24)14(15,16)17/h9H,5-8H2,1-4H3,(H,21,22). The van der Waals surface area contributed by atoms with Gasteiger partial charge in [0.05, 0.1) is 20.3 Å². The molecule has 1 amide bonds. The number of fused-ring (bicyclic) bond motifs is 1. The lowest BCUT2D eigenvalue weighted by Crippen LogP contribution is -2.39. The van der Waals surface area contributed by atoms with Crippen LogP contribution in [0, 0.1) is 0 Å². The second-order valence-electron chi connectivity index (χ2n) is 7.47. The lowest BCUT2D eigenvalue weighted by Gasteiger charge is -2.27. The summed E-state index contributed by atoms with van der Waals surface area (Å²) in [6, 6.07) is 0. The largest absolute Gasteiger partial charge is 0.534 e. The molecule has 9 nitrogen and oxygen atoms in total. The van der Waals surface area contributed by atoms with Gasteiger partial charge in [0.2, 0.25) is 0 Å². The zero-order valence-electron chi connectivity index (χ0n) is 15.8. The minimum absolute atomic E-state index is 0.0252. The van der Waals surface area contributed by atoms with Gasteiger partial charge in [-0.1, -0.05) is 19.6 Å². The quantitative estimate of drug-likeness (QED) is 0.407. The predicted molar refractivity (Wildman–Crippen MR) is 93.9 cm³/mol. The molecule has 1 unspecified atom stereocenters. The fourth-order valence-corrected chi connectivity index (χ4v) is 3.38. The van der Waals surface area contributed by atoms with Crippen LogP contribution in [-0.2, 0) is 34.6 Å². The number of carbonyl (C=O) groups is 1. The van der Waals surface area contributed by atoms with E-state index in [0.29, 0.717) is 0 Å². The van der Waals surface area contributed by atoms with E-state index in [4.69, 9.17) is 4.74 Å². The Morgan fingerprint density at radius 1 is 1.36 bits per heavy atom. The van der Waals surface area contributed by atoms with Crippen molar-refractivity contribution >= 4 is 24.3 Å². The molecule has 1 atom stereocenters. The number of hydrogen-bond acceptors (Lipinski definition) is 6. The summed E-state index contributed by atoms with van der Waals surface area (Å²) >= 11 is 0. The van der Waals surface area contributed by atoms with Crippen LogP contribution < -0.4 is 4.18 Å². The molecular formula is C14H22F3N3O6SSi. The van der Waals surface area contributed by atoms with E-state index in [9.17, 15) is 31.5 Å². The van der Waals surface area contributed by atoms with Gasteiger partial charge < -0.3 is 18.9 Å². The molecule has 0 aromatic carbocycles. The van der Waals surface area contributed by atoms with Crippen LogP contribution in [0.1, 0.15) is 18.2 Å². The molecule has 0 bridgehead atoms. The van der Waals surface area contributed by atoms with Gasteiger partial charge in [-0.05, 0) is 13.3 Å². The van der Waals surface area contributed by atoms with E-state index in [1.807, 2.05) is 6.92 Å². The molecule has 0 aliphatic carbocycles. The van der Waals surface area contributed by atoms with Crippen LogP contribution in [0.15, 0.2) is 0 Å². The van der Waals surface area contributed by atoms with E-state index in [0.717, 1.165) is 9.58 Å². The zero-order chi connectivity index (χ0) is 21.5. The maximum atomic E-state index is 12.7. The first kappa shape index (κ1) is 22.5. The van der Waals surface area contributed by atoms with Crippen molar-refractivity contribution < 1.29 is 40.4 Å². The molecule has 0 fully saturated rings. The first-order valence-electron chi connectivity index (χ1n) is 8.32. The van der Waals surface area contributed by atoms with Crippen molar-refractivity contribution in [2.45, 2.75) is 57.5 Å². The number of ether oxygens (including phenoxy) is 1. The summed E-state index contributed by atoms with van der Waals surface area (Å²) in [5.74, 6) is -0.707. The second kappa shape index (κ2) is 7.55. The number of halogens is 3. The van der Waals surface area contributed by atoms with Crippen LogP contribution in [0.3, 0.4) is 0 Å². The number of rotatable bonds is 6. The van der Waals surface area contributed by atoms with Crippen molar-refractivity contribution in [3.63, 3.8) is 0 Å². The third kappa shape index (κ3) is 4.78. The molecule has 1 aromatic heterocycles. The van der Waals surface area contributed by atoms with E-state index < -0.39 is 35.7 Å². The molecule has 0 radical (unpaired) electrons. The van der Waals surface area contributed by atoms with Gasteiger partial charge in [0, 0.05) is 17.8 Å². The fourth-order valence-electron chi connectivity index (χ4n) is 2.37. The molecule has 28 heavy (non-hydrogen) atoms. The van der Waals surface area contributed by atoms with Crippen LogP contribution in [0.4, 0.5) is 18.0 Å². The summed E-state index contributed by atoms with van der Waals surface area (Å²) in [4.78, 5) is 12.3. The van der Waals surface area contributed by atoms with Gasteiger partial charge in [-0.25, -0.2) is 9.48 Å². The molecule has 0 saturated carbocycles. The molecule has 14 heteroatoms. The number of nitrogens with zero attached hydrogens (tertiary/aromatic N) is 3. The van der Waals surface area contributed by atoms with E-state index >= 15 is 0 Å². The van der Waals surface area contributed by atoms with Crippen LogP contribution >= 0.6 is 0 Å². The van der Waals surface area contributed by atoms with Gasteiger partial charge in [0.25, 0.3) is 5.88 Å². The molecule has 1 aliphatic rings. The molecule has 1 N–H and O–H groups in total. The highest BCUT2D eigenvalue weighted by Crippen LogP contribution is 2.32. The highest BCUT2D eigenvalue weighted by Gasteiger charge is 2.49. The summed E-state index contributed by atoms with van der Waals surface area (Å²) in [5.41, 5.74) is -5.37. The third-order valence-electron chi connectivity index (χ3n) is 4.51. The molecular weight excluding hydrogens is 423 g/mol. The Bertz CT molecular complexity index is 850. The monoisotopic (exact) mass is 445 g/mol. The Morgan fingerprint density at radius 2 is 1.96 bits per heavy atom. The Labute approximate surface area is 161 Å². The van der Waals surface area contributed by atoms with Crippen LogP contribution in [0.5, 0.6) is 5.88 Å². The number of carboxylic acid groups (broad SMARTS) is 1. The molecule has 0 spiro atoms. The summed E-state index contributed by atoms with van der Waals surface area (Å²) in [6.45, 7) is 7.68. The maximum Gasteiger partial charge on any atom is 0.534 e. The molecule has 160 valence electrons. The highest BCUT2D eigenvalue weighted by atomic mass is 32.2. The lowest BCUT2D eigenvalue weighted by atomic mass is 10.1. The Hall–Kier alpha value is -1.80. The Morgan fingerprint density at radius 3 is 2.46 bits per heavy atom. The Balaban J connectivity index is 2.37. The highest BCUT2D eigenvalue weighted by molar-refractivity contribution is 7.87. The summed E-state index contributed by atoms with van der Waals surface area (Å²) in [5, 5.41) is 13.0. The fraction of sp³-hybridized carbons (Fsp3) is 0.714. The molecule has 0 saturated heterocycles. The van der Waals surface area contributed by atoms with Crippen molar-refractivity contribution in [1.29, 1.82) is 0 Å². The molecule has 1 aliphatic heterocycles. The van der Waals surface area contributed by atoms with Crippen LogP contribution in [0.25, 0.3) is 0 Å². The molecule has 1 aromatic rings. The van der Waals surface area contributed by atoms with E-state index in [1.54, 1.807) is 0 Å². The summed E-state index contributed by atoms with van der Waals surface area (Å²) < 4.78 is 71.8. The Kier molecular flexibility index (Phi) is 6.06. The SMILES string of the molecule is CC(OCn1nc(OS(=O)(=O)C(F)(F)F)c2c1CN(C(=O)O)CC2)[Si](C)(C)C. The average molecular weight is 445 g/mol.